The van der Waals surface area contributed by atoms with Crippen LogP contribution in [0.5, 0.6) is 0 Å². The molecule has 5 nitrogen and oxygen atoms in total. The van der Waals surface area contributed by atoms with E-state index in [9.17, 15) is 4.79 Å². The minimum Gasteiger partial charge on any atom is -0.476 e. The maximum absolute atomic E-state index is 10.5. The average molecular weight is 181 g/mol. The van der Waals surface area contributed by atoms with E-state index in [0.717, 1.165) is 11.3 Å². The normalized spacial score (nSPS) is 10.3. The number of fused-ring (bicyclic) bond motifs is 1. The van der Waals surface area contributed by atoms with E-state index in [1.54, 1.807) is 0 Å². The van der Waals surface area contributed by atoms with Crippen LogP contribution in [0.1, 0.15) is 9.80 Å². The summed E-state index contributed by atoms with van der Waals surface area (Å²) in [7, 11) is 0. The van der Waals surface area contributed by atoms with Crippen molar-refractivity contribution >= 4 is 27.8 Å². The summed E-state index contributed by atoms with van der Waals surface area (Å²) in [6.07, 6.45) is 2.99. The van der Waals surface area contributed by atoms with Crippen molar-refractivity contribution in [1.29, 1.82) is 0 Å². The fourth-order valence-electron chi connectivity index (χ4n) is 0.769. The van der Waals surface area contributed by atoms with E-state index in [4.69, 9.17) is 5.11 Å². The van der Waals surface area contributed by atoms with Crippen LogP contribution in [-0.4, -0.2) is 26.0 Å². The summed E-state index contributed by atoms with van der Waals surface area (Å²) in [5.41, 5.74) is 0.389. The molecule has 60 valence electrons. The maximum Gasteiger partial charge on any atom is 0.365 e. The van der Waals surface area contributed by atoms with Gasteiger partial charge in [-0.2, -0.15) is 0 Å². The van der Waals surface area contributed by atoms with E-state index in [-0.39, 0.29) is 5.01 Å². The molecule has 2 rings (SSSR count). The van der Waals surface area contributed by atoms with Gasteiger partial charge in [-0.3, -0.25) is 0 Å². The summed E-state index contributed by atoms with van der Waals surface area (Å²) in [6.45, 7) is 0. The van der Waals surface area contributed by atoms with Crippen molar-refractivity contribution < 1.29 is 9.90 Å². The number of aromatic carboxylic acids is 1. The number of carboxylic acid groups (broad SMARTS) is 1. The van der Waals surface area contributed by atoms with Crippen LogP contribution in [0.3, 0.4) is 0 Å². The predicted octanol–water partition coefficient (Wildman–Crippen LogP) is 0.784. The van der Waals surface area contributed by atoms with Gasteiger partial charge in [0.15, 0.2) is 10.5 Å². The highest BCUT2D eigenvalue weighted by molar-refractivity contribution is 7.19. The van der Waals surface area contributed by atoms with Crippen LogP contribution >= 0.6 is 11.3 Å². The number of thiazole rings is 1. The Morgan fingerprint density at radius 1 is 1.42 bits per heavy atom. The summed E-state index contributed by atoms with van der Waals surface area (Å²) in [5, 5.41) is 8.60. The Balaban J connectivity index is 2.70. The second-order valence-corrected chi connectivity index (χ2v) is 2.99. The van der Waals surface area contributed by atoms with Crippen molar-refractivity contribution in [2.75, 3.05) is 0 Å². The van der Waals surface area contributed by atoms with Gasteiger partial charge in [0.05, 0.1) is 0 Å². The first kappa shape index (κ1) is 7.11. The monoisotopic (exact) mass is 181 g/mol. The van der Waals surface area contributed by atoms with Crippen LogP contribution in [0.4, 0.5) is 0 Å². The fraction of sp³-hybridized carbons (Fsp3) is 0. The molecule has 0 aromatic carbocycles. The standard InChI is InChI=1S/C6H3N3O2S/c10-6(11)5-9-3-4(12-5)8-2-1-7-3/h1-2H,(H,10,11). The lowest BCUT2D eigenvalue weighted by atomic mass is 10.7. The van der Waals surface area contributed by atoms with Gasteiger partial charge in [0.2, 0.25) is 5.01 Å². The van der Waals surface area contributed by atoms with E-state index >= 15 is 0 Å². The third-order valence-corrected chi connectivity index (χ3v) is 2.17. The molecule has 0 radical (unpaired) electrons. The molecule has 0 saturated heterocycles. The smallest absolute Gasteiger partial charge is 0.365 e. The largest absolute Gasteiger partial charge is 0.476 e. The molecule has 0 amide bonds. The van der Waals surface area contributed by atoms with Gasteiger partial charge in [-0.25, -0.2) is 19.7 Å². The molecule has 12 heavy (non-hydrogen) atoms. The van der Waals surface area contributed by atoms with Crippen molar-refractivity contribution in [3.8, 4) is 0 Å². The van der Waals surface area contributed by atoms with Crippen molar-refractivity contribution in [3.63, 3.8) is 0 Å². The lowest BCUT2D eigenvalue weighted by Gasteiger charge is -1.79. The SMILES string of the molecule is O=C(O)c1nc2nccnc2s1. The number of carbonyl (C=O) groups is 1. The summed E-state index contributed by atoms with van der Waals surface area (Å²) >= 11 is 1.02. The minimum absolute atomic E-state index is 0.0243. The molecule has 0 aliphatic heterocycles. The van der Waals surface area contributed by atoms with Crippen LogP contribution in [0.25, 0.3) is 10.5 Å². The number of hydrogen-bond donors (Lipinski definition) is 1. The Hall–Kier alpha value is -1.56. The summed E-state index contributed by atoms with van der Waals surface area (Å²) < 4.78 is 0. The van der Waals surface area contributed by atoms with E-state index in [1.807, 2.05) is 0 Å². The van der Waals surface area contributed by atoms with Gasteiger partial charge in [0.1, 0.15) is 0 Å². The molecule has 0 bridgehead atoms. The lowest BCUT2D eigenvalue weighted by molar-refractivity contribution is 0.0696. The first-order chi connectivity index (χ1) is 5.77. The van der Waals surface area contributed by atoms with E-state index in [1.165, 1.54) is 12.4 Å². The van der Waals surface area contributed by atoms with Gasteiger partial charge in [0, 0.05) is 12.4 Å². The molecule has 0 spiro atoms. The molecule has 0 aliphatic carbocycles. The molecule has 0 atom stereocenters. The number of hydrogen-bond acceptors (Lipinski definition) is 5. The molecule has 1 N–H and O–H groups in total. The zero-order chi connectivity index (χ0) is 8.55. The highest BCUT2D eigenvalue weighted by atomic mass is 32.1. The second-order valence-electron chi connectivity index (χ2n) is 2.01. The zero-order valence-electron chi connectivity index (χ0n) is 5.76. The third kappa shape index (κ3) is 1.02. The van der Waals surface area contributed by atoms with Crippen LogP contribution in [0, 0.1) is 0 Å². The topological polar surface area (TPSA) is 76.0 Å². The molecule has 2 heterocycles. The number of carboxylic acids is 1. The molecule has 0 fully saturated rings. The molecule has 6 heteroatoms. The van der Waals surface area contributed by atoms with Gasteiger partial charge in [0.25, 0.3) is 0 Å². The van der Waals surface area contributed by atoms with Gasteiger partial charge in [-0.05, 0) is 0 Å². The van der Waals surface area contributed by atoms with E-state index in [0.29, 0.717) is 10.5 Å². The van der Waals surface area contributed by atoms with Crippen LogP contribution in [0.2, 0.25) is 0 Å². The minimum atomic E-state index is -1.04. The molecular weight excluding hydrogens is 178 g/mol. The van der Waals surface area contributed by atoms with Crippen molar-refractivity contribution in [3.05, 3.63) is 17.4 Å². The summed E-state index contributed by atoms with van der Waals surface area (Å²) in [6, 6.07) is 0. The molecule has 0 aliphatic rings. The number of rotatable bonds is 1. The first-order valence-corrected chi connectivity index (χ1v) is 3.90. The number of nitrogens with zero attached hydrogens (tertiary/aromatic N) is 3. The number of aromatic nitrogens is 3. The zero-order valence-corrected chi connectivity index (χ0v) is 6.58. The Labute approximate surface area is 70.7 Å². The molecule has 2 aromatic rings. The quantitative estimate of drug-likeness (QED) is 0.703. The Morgan fingerprint density at radius 3 is 2.83 bits per heavy atom. The summed E-state index contributed by atoms with van der Waals surface area (Å²) in [4.78, 5) is 22.5. The van der Waals surface area contributed by atoms with E-state index < -0.39 is 5.97 Å². The van der Waals surface area contributed by atoms with Gasteiger partial charge in [-0.1, -0.05) is 11.3 Å². The first-order valence-electron chi connectivity index (χ1n) is 3.08. The maximum atomic E-state index is 10.5. The molecule has 0 saturated carbocycles. The van der Waals surface area contributed by atoms with Crippen LogP contribution in [-0.2, 0) is 0 Å². The van der Waals surface area contributed by atoms with Crippen molar-refractivity contribution in [1.82, 2.24) is 15.0 Å². The predicted molar refractivity (Wildman–Crippen MR) is 42.2 cm³/mol. The second kappa shape index (κ2) is 2.49. The highest BCUT2D eigenvalue weighted by Crippen LogP contribution is 2.16. The van der Waals surface area contributed by atoms with Gasteiger partial charge < -0.3 is 5.11 Å². The van der Waals surface area contributed by atoms with Crippen molar-refractivity contribution in [2.45, 2.75) is 0 Å². The summed E-state index contributed by atoms with van der Waals surface area (Å²) in [5.74, 6) is -1.04. The van der Waals surface area contributed by atoms with Gasteiger partial charge in [-0.15, -0.1) is 0 Å². The molecule has 2 aromatic heterocycles. The van der Waals surface area contributed by atoms with Crippen LogP contribution < -0.4 is 0 Å². The highest BCUT2D eigenvalue weighted by Gasteiger charge is 2.10. The average Bonchev–Trinajstić information content (AvgIpc) is 2.46. The van der Waals surface area contributed by atoms with Crippen molar-refractivity contribution in [2.24, 2.45) is 0 Å². The third-order valence-electron chi connectivity index (χ3n) is 1.23. The Morgan fingerprint density at radius 2 is 2.17 bits per heavy atom. The molecular formula is C6H3N3O2S. The molecule has 0 unspecified atom stereocenters. The van der Waals surface area contributed by atoms with Gasteiger partial charge >= 0.3 is 5.97 Å². The van der Waals surface area contributed by atoms with Crippen LogP contribution in [0.15, 0.2) is 12.4 Å². The fourth-order valence-corrected chi connectivity index (χ4v) is 1.47. The lowest BCUT2D eigenvalue weighted by Crippen LogP contribution is -1.93. The Kier molecular flexibility index (Phi) is 1.47. The van der Waals surface area contributed by atoms with E-state index in [2.05, 4.69) is 15.0 Å². The Bertz CT molecular complexity index is 406.